The molecule has 1 heterocycles. The molecule has 4 saturated carbocycles. The van der Waals surface area contributed by atoms with Crippen molar-refractivity contribution in [2.75, 3.05) is 33.2 Å². The van der Waals surface area contributed by atoms with Crippen molar-refractivity contribution in [3.8, 4) is 0 Å². The van der Waals surface area contributed by atoms with Crippen molar-refractivity contribution in [1.82, 2.24) is 5.32 Å². The lowest BCUT2D eigenvalue weighted by molar-refractivity contribution is -1.02. The van der Waals surface area contributed by atoms with Crippen LogP contribution in [0.1, 0.15) is 57.1 Å². The second-order valence-electron chi connectivity index (χ2n) is 11.0. The molecular weight excluding hydrogens is 358 g/mol. The Morgan fingerprint density at radius 1 is 0.966 bits per heavy atom. The summed E-state index contributed by atoms with van der Waals surface area (Å²) >= 11 is 0. The summed E-state index contributed by atoms with van der Waals surface area (Å²) in [6.45, 7) is 7.06. The van der Waals surface area contributed by atoms with Crippen molar-refractivity contribution in [1.29, 1.82) is 0 Å². The lowest BCUT2D eigenvalue weighted by atomic mass is 9.49. The highest BCUT2D eigenvalue weighted by molar-refractivity contribution is 5.83. The molecule has 158 valence electrons. The first kappa shape index (κ1) is 19.6. The third-order valence-corrected chi connectivity index (χ3v) is 8.72. The summed E-state index contributed by atoms with van der Waals surface area (Å²) in [6.07, 6.45) is 7.63. The number of rotatable bonds is 5. The zero-order valence-electron chi connectivity index (χ0n) is 18.3. The van der Waals surface area contributed by atoms with Gasteiger partial charge in [0.15, 0.2) is 0 Å². The van der Waals surface area contributed by atoms with E-state index in [1.807, 2.05) is 0 Å². The maximum atomic E-state index is 13.7. The minimum Gasteiger partial charge on any atom is -0.347 e. The predicted octanol–water partition coefficient (Wildman–Crippen LogP) is 0.862. The zero-order chi connectivity index (χ0) is 20.0. The van der Waals surface area contributed by atoms with Gasteiger partial charge in [-0.25, -0.2) is 0 Å². The third kappa shape index (κ3) is 3.74. The molecule has 4 bridgehead atoms. The average molecular weight is 398 g/mol. The number of piperazine rings is 1. The molecule has 1 saturated heterocycles. The molecule has 3 N–H and O–H groups in total. The van der Waals surface area contributed by atoms with Crippen molar-refractivity contribution in [2.45, 2.75) is 57.5 Å². The molecule has 29 heavy (non-hydrogen) atoms. The highest BCUT2D eigenvalue weighted by atomic mass is 16.2. The van der Waals surface area contributed by atoms with Crippen LogP contribution in [0.15, 0.2) is 30.3 Å². The van der Waals surface area contributed by atoms with Gasteiger partial charge in [-0.3, -0.25) is 4.79 Å². The van der Waals surface area contributed by atoms with Gasteiger partial charge in [0.2, 0.25) is 5.91 Å². The number of quaternary nitrogens is 2. The number of hydrogen-bond acceptors (Lipinski definition) is 1. The number of carbonyl (C=O) groups is 1. The fourth-order valence-electron chi connectivity index (χ4n) is 7.68. The number of likely N-dealkylation sites (N-methyl/N-ethyl adjacent to an activating group) is 1. The van der Waals surface area contributed by atoms with Crippen molar-refractivity contribution in [3.05, 3.63) is 35.9 Å². The van der Waals surface area contributed by atoms with E-state index < -0.39 is 0 Å². The first-order chi connectivity index (χ1) is 14.0. The van der Waals surface area contributed by atoms with E-state index >= 15 is 0 Å². The van der Waals surface area contributed by atoms with Crippen LogP contribution in [0.3, 0.4) is 0 Å². The molecule has 1 amide bonds. The number of carbonyl (C=O) groups excluding carboxylic acids is 1. The Labute approximate surface area is 176 Å². The molecule has 1 aliphatic heterocycles. The first-order valence-corrected chi connectivity index (χ1v) is 12.0. The summed E-state index contributed by atoms with van der Waals surface area (Å²) in [5.74, 6) is 2.83. The van der Waals surface area contributed by atoms with Gasteiger partial charge < -0.3 is 15.1 Å². The monoisotopic (exact) mass is 397 g/mol. The lowest BCUT2D eigenvalue weighted by Crippen LogP contribution is -3.27. The van der Waals surface area contributed by atoms with Crippen molar-refractivity contribution < 1.29 is 14.6 Å². The number of hydrogen-bond donors (Lipinski definition) is 3. The second-order valence-corrected chi connectivity index (χ2v) is 11.0. The van der Waals surface area contributed by atoms with Crippen molar-refractivity contribution in [3.63, 3.8) is 0 Å². The molecule has 0 radical (unpaired) electrons. The fourth-order valence-corrected chi connectivity index (χ4v) is 7.68. The van der Waals surface area contributed by atoms with E-state index in [2.05, 4.69) is 49.6 Å². The van der Waals surface area contributed by atoms with Crippen LogP contribution in [0.4, 0.5) is 0 Å². The molecule has 5 fully saturated rings. The van der Waals surface area contributed by atoms with Crippen LogP contribution in [0.2, 0.25) is 0 Å². The lowest BCUT2D eigenvalue weighted by Gasteiger charge is -2.56. The maximum Gasteiger partial charge on any atom is 0.226 e. The molecule has 1 aromatic carbocycles. The van der Waals surface area contributed by atoms with E-state index in [0.717, 1.165) is 37.0 Å². The number of benzene rings is 1. The highest BCUT2D eigenvalue weighted by Gasteiger charge is 2.55. The van der Waals surface area contributed by atoms with Gasteiger partial charge in [-0.05, 0) is 63.2 Å². The average Bonchev–Trinajstić information content (AvgIpc) is 2.69. The molecule has 5 aliphatic rings. The van der Waals surface area contributed by atoms with Gasteiger partial charge in [0.25, 0.3) is 0 Å². The first-order valence-electron chi connectivity index (χ1n) is 12.0. The van der Waals surface area contributed by atoms with Crippen LogP contribution in [-0.4, -0.2) is 45.2 Å². The molecule has 4 heteroatoms. The Morgan fingerprint density at radius 3 is 2.07 bits per heavy atom. The predicted molar refractivity (Wildman–Crippen MR) is 115 cm³/mol. The van der Waals surface area contributed by atoms with E-state index in [1.54, 1.807) is 9.80 Å². The number of nitrogens with one attached hydrogen (secondary N) is 3. The summed E-state index contributed by atoms with van der Waals surface area (Å²) in [4.78, 5) is 16.9. The maximum absolute atomic E-state index is 13.7. The van der Waals surface area contributed by atoms with Gasteiger partial charge in [0.05, 0.1) is 13.1 Å². The molecule has 1 aromatic rings. The molecular formula is C25H39N3O+2. The summed E-state index contributed by atoms with van der Waals surface area (Å²) in [7, 11) is 2.30. The van der Waals surface area contributed by atoms with Crippen LogP contribution >= 0.6 is 0 Å². The topological polar surface area (TPSA) is 38.0 Å². The minimum atomic E-state index is -0.0498. The molecule has 0 aromatic heterocycles. The second kappa shape index (κ2) is 7.70. The van der Waals surface area contributed by atoms with E-state index in [4.69, 9.17) is 0 Å². The van der Waals surface area contributed by atoms with Crippen LogP contribution in [0.5, 0.6) is 0 Å². The van der Waals surface area contributed by atoms with E-state index in [-0.39, 0.29) is 11.5 Å². The van der Waals surface area contributed by atoms with Gasteiger partial charge in [-0.1, -0.05) is 30.3 Å². The Bertz CT molecular complexity index is 690. The van der Waals surface area contributed by atoms with Crippen LogP contribution < -0.4 is 15.1 Å². The largest absolute Gasteiger partial charge is 0.347 e. The molecule has 0 spiro atoms. The van der Waals surface area contributed by atoms with Crippen LogP contribution in [0, 0.1) is 23.2 Å². The van der Waals surface area contributed by atoms with Gasteiger partial charge in [0.1, 0.15) is 32.2 Å². The van der Waals surface area contributed by atoms with Gasteiger partial charge in [0, 0.05) is 11.0 Å². The Hall–Kier alpha value is -1.39. The summed E-state index contributed by atoms with van der Waals surface area (Å²) < 4.78 is 0. The molecule has 4 nitrogen and oxygen atoms in total. The Morgan fingerprint density at radius 2 is 1.52 bits per heavy atom. The van der Waals surface area contributed by atoms with E-state index in [1.165, 1.54) is 51.0 Å². The molecule has 4 aliphatic carbocycles. The van der Waals surface area contributed by atoms with Gasteiger partial charge in [-0.2, -0.15) is 0 Å². The Balaban J connectivity index is 1.34. The van der Waals surface area contributed by atoms with E-state index in [0.29, 0.717) is 11.9 Å². The third-order valence-electron chi connectivity index (χ3n) is 8.72. The standard InChI is InChI=1S/C25H37N3O/c1-18(23(22-6-4-3-5-7-22)28-10-8-27(2)9-11-28)26-24(29)25-15-19-12-20(16-25)14-21(13-19)17-25/h3-7,18-21,23H,8-17H2,1-2H3,(H,26,29)/p+2/t18-,19?,20?,21?,23-,25?/m1/s1. The molecule has 6 rings (SSSR count). The fraction of sp³-hybridized carbons (Fsp3) is 0.720. The molecule has 0 unspecified atom stereocenters. The summed E-state index contributed by atoms with van der Waals surface area (Å²) in [6, 6.07) is 11.4. The van der Waals surface area contributed by atoms with Crippen LogP contribution in [-0.2, 0) is 4.79 Å². The van der Waals surface area contributed by atoms with Crippen molar-refractivity contribution >= 4 is 5.91 Å². The van der Waals surface area contributed by atoms with Crippen LogP contribution in [0.25, 0.3) is 0 Å². The Kier molecular flexibility index (Phi) is 5.19. The highest BCUT2D eigenvalue weighted by Crippen LogP contribution is 2.60. The smallest absolute Gasteiger partial charge is 0.226 e. The normalized spacial score (nSPS) is 40.4. The quantitative estimate of drug-likeness (QED) is 0.678. The summed E-state index contributed by atoms with van der Waals surface area (Å²) in [5.41, 5.74) is 1.33. The van der Waals surface area contributed by atoms with E-state index in [9.17, 15) is 4.79 Å². The molecule has 2 atom stereocenters. The van der Waals surface area contributed by atoms with Crippen molar-refractivity contribution in [2.24, 2.45) is 23.2 Å². The minimum absolute atomic E-state index is 0.0498. The summed E-state index contributed by atoms with van der Waals surface area (Å²) in [5, 5.41) is 3.58. The zero-order valence-corrected chi connectivity index (χ0v) is 18.3. The number of amides is 1. The SMILES string of the molecule is C[C@@H](NC(=O)C12CC3CC(CC(C3)C1)C2)[C@H](c1ccccc1)[NH+]1CC[NH+](C)CC1. The van der Waals surface area contributed by atoms with Gasteiger partial charge in [-0.15, -0.1) is 0 Å². The van der Waals surface area contributed by atoms with Gasteiger partial charge >= 0.3 is 0 Å².